The van der Waals surface area contributed by atoms with Crippen molar-refractivity contribution in [2.45, 2.75) is 13.5 Å². The zero-order chi connectivity index (χ0) is 10.6. The van der Waals surface area contributed by atoms with Gasteiger partial charge in [-0.15, -0.1) is 0 Å². The van der Waals surface area contributed by atoms with E-state index in [9.17, 15) is 4.39 Å². The Kier molecular flexibility index (Phi) is 4.32. The number of methoxy groups -OCH3 is 1. The van der Waals surface area contributed by atoms with E-state index in [1.807, 2.05) is 0 Å². The quantitative estimate of drug-likeness (QED) is 0.618. The van der Waals surface area contributed by atoms with Crippen molar-refractivity contribution in [3.63, 3.8) is 0 Å². The zero-order valence-corrected chi connectivity index (χ0v) is 8.99. The van der Waals surface area contributed by atoms with Crippen LogP contribution in [-0.2, 0) is 11.3 Å². The lowest BCUT2D eigenvalue weighted by Crippen LogP contribution is -2.16. The molecule has 0 fully saturated rings. The third kappa shape index (κ3) is 2.94. The maximum Gasteiger partial charge on any atom is 0.126 e. The lowest BCUT2D eigenvalue weighted by molar-refractivity contribution is 0.174. The Morgan fingerprint density at radius 1 is 1.50 bits per heavy atom. The zero-order valence-electron chi connectivity index (χ0n) is 8.23. The van der Waals surface area contributed by atoms with Crippen molar-refractivity contribution < 1.29 is 9.13 Å². The summed E-state index contributed by atoms with van der Waals surface area (Å²) in [5, 5.41) is 3.54. The second-order valence-electron chi connectivity index (χ2n) is 3.05. The molecule has 1 rings (SSSR count). The monoisotopic (exact) mass is 217 g/mol. The molecule has 2 nitrogen and oxygen atoms in total. The summed E-state index contributed by atoms with van der Waals surface area (Å²) in [6.07, 6.45) is 0. The van der Waals surface area contributed by atoms with Gasteiger partial charge in [0.2, 0.25) is 0 Å². The smallest absolute Gasteiger partial charge is 0.126 e. The van der Waals surface area contributed by atoms with Gasteiger partial charge < -0.3 is 4.74 Å². The first kappa shape index (κ1) is 11.4. The molecule has 0 radical (unpaired) electrons. The van der Waals surface area contributed by atoms with Crippen molar-refractivity contribution in [2.24, 2.45) is 0 Å². The van der Waals surface area contributed by atoms with E-state index in [0.29, 0.717) is 23.9 Å². The molecule has 14 heavy (non-hydrogen) atoms. The van der Waals surface area contributed by atoms with Crippen LogP contribution in [0.5, 0.6) is 0 Å². The average Bonchev–Trinajstić information content (AvgIpc) is 2.14. The lowest BCUT2D eigenvalue weighted by Gasteiger charge is -2.07. The molecule has 1 N–H and O–H groups in total. The van der Waals surface area contributed by atoms with Crippen LogP contribution in [0.25, 0.3) is 0 Å². The molecule has 0 saturated heterocycles. The van der Waals surface area contributed by atoms with Gasteiger partial charge in [-0.25, -0.2) is 4.39 Å². The molecular weight excluding hydrogens is 205 g/mol. The minimum absolute atomic E-state index is 0.233. The summed E-state index contributed by atoms with van der Waals surface area (Å²) in [6, 6.07) is 3.07. The Balaban J connectivity index is 2.72. The van der Waals surface area contributed by atoms with Gasteiger partial charge in [0.15, 0.2) is 0 Å². The Hall–Kier alpha value is -0.640. The van der Waals surface area contributed by atoms with Crippen molar-refractivity contribution in [3.8, 4) is 0 Å². The summed E-state index contributed by atoms with van der Waals surface area (Å²) < 4.78 is 18.0. The second-order valence-corrected chi connectivity index (χ2v) is 3.46. The maximum atomic E-state index is 13.2. The van der Waals surface area contributed by atoms with E-state index >= 15 is 0 Å². The fourth-order valence-corrected chi connectivity index (χ4v) is 1.40. The van der Waals surface area contributed by atoms with E-state index in [-0.39, 0.29) is 5.82 Å². The van der Waals surface area contributed by atoms with Crippen molar-refractivity contribution in [1.29, 1.82) is 0 Å². The molecule has 0 spiro atoms. The largest absolute Gasteiger partial charge is 0.370 e. The summed E-state index contributed by atoms with van der Waals surface area (Å²) in [6.45, 7) is 2.61. The fourth-order valence-electron chi connectivity index (χ4n) is 1.11. The highest BCUT2D eigenvalue weighted by atomic mass is 35.5. The number of rotatable bonds is 4. The molecular formula is C10H13ClFNO. The van der Waals surface area contributed by atoms with Crippen LogP contribution in [0.15, 0.2) is 12.1 Å². The van der Waals surface area contributed by atoms with Gasteiger partial charge in [0.25, 0.3) is 0 Å². The van der Waals surface area contributed by atoms with Crippen LogP contribution in [0.3, 0.4) is 0 Å². The van der Waals surface area contributed by atoms with Gasteiger partial charge in [-0.05, 0) is 30.2 Å². The second kappa shape index (κ2) is 5.29. The third-order valence-electron chi connectivity index (χ3n) is 1.89. The van der Waals surface area contributed by atoms with Gasteiger partial charge in [-0.2, -0.15) is 0 Å². The van der Waals surface area contributed by atoms with Crippen LogP contribution in [0.4, 0.5) is 4.39 Å². The predicted octanol–water partition coefficient (Wildman–Crippen LogP) is 2.48. The summed E-state index contributed by atoms with van der Waals surface area (Å²) in [7, 11) is 1.59. The number of benzene rings is 1. The van der Waals surface area contributed by atoms with Crippen molar-refractivity contribution in [1.82, 2.24) is 5.32 Å². The minimum Gasteiger partial charge on any atom is -0.370 e. The topological polar surface area (TPSA) is 21.3 Å². The number of nitrogens with one attached hydrogen (secondary N) is 1. The molecule has 0 bridgehead atoms. The van der Waals surface area contributed by atoms with Gasteiger partial charge in [0.05, 0.1) is 6.73 Å². The average molecular weight is 218 g/mol. The minimum atomic E-state index is -0.233. The Bertz CT molecular complexity index is 317. The molecule has 1 aromatic carbocycles. The molecule has 1 aromatic rings. The number of halogens is 2. The first-order chi connectivity index (χ1) is 6.65. The first-order valence-electron chi connectivity index (χ1n) is 4.29. The molecule has 0 aliphatic rings. The van der Waals surface area contributed by atoms with E-state index in [0.717, 1.165) is 5.56 Å². The van der Waals surface area contributed by atoms with E-state index in [1.165, 1.54) is 6.07 Å². The molecule has 4 heteroatoms. The number of hydrogen-bond acceptors (Lipinski definition) is 2. The highest BCUT2D eigenvalue weighted by Gasteiger charge is 2.04. The summed E-state index contributed by atoms with van der Waals surface area (Å²) in [5.74, 6) is -0.233. The van der Waals surface area contributed by atoms with Gasteiger partial charge in [0, 0.05) is 18.7 Å². The molecule has 0 aromatic heterocycles. The number of aryl methyl sites for hydroxylation is 1. The molecule has 0 unspecified atom stereocenters. The maximum absolute atomic E-state index is 13.2. The Morgan fingerprint density at radius 3 is 2.86 bits per heavy atom. The van der Waals surface area contributed by atoms with Crippen LogP contribution in [0.1, 0.15) is 11.1 Å². The van der Waals surface area contributed by atoms with E-state index < -0.39 is 0 Å². The van der Waals surface area contributed by atoms with Crippen molar-refractivity contribution in [2.75, 3.05) is 13.8 Å². The molecule has 0 atom stereocenters. The third-order valence-corrected chi connectivity index (χ3v) is 2.24. The molecule has 0 amide bonds. The summed E-state index contributed by atoms with van der Waals surface area (Å²) in [4.78, 5) is 0. The van der Waals surface area contributed by atoms with Crippen LogP contribution in [0, 0.1) is 12.7 Å². The van der Waals surface area contributed by atoms with E-state index in [2.05, 4.69) is 5.32 Å². The number of hydrogen-bond donors (Lipinski definition) is 1. The lowest BCUT2D eigenvalue weighted by atomic mass is 10.1. The van der Waals surface area contributed by atoms with Gasteiger partial charge in [-0.1, -0.05) is 11.6 Å². The van der Waals surface area contributed by atoms with Crippen LogP contribution < -0.4 is 5.32 Å². The van der Waals surface area contributed by atoms with E-state index in [1.54, 1.807) is 20.1 Å². The van der Waals surface area contributed by atoms with Crippen LogP contribution in [-0.4, -0.2) is 13.8 Å². The predicted molar refractivity (Wildman–Crippen MR) is 54.9 cm³/mol. The molecule has 0 aliphatic heterocycles. The van der Waals surface area contributed by atoms with Crippen molar-refractivity contribution >= 4 is 11.6 Å². The molecule has 78 valence electrons. The normalized spacial score (nSPS) is 10.6. The highest BCUT2D eigenvalue weighted by molar-refractivity contribution is 6.31. The summed E-state index contributed by atoms with van der Waals surface area (Å²) >= 11 is 5.93. The molecule has 0 saturated carbocycles. The fraction of sp³-hybridized carbons (Fsp3) is 0.400. The van der Waals surface area contributed by atoms with Crippen LogP contribution >= 0.6 is 11.6 Å². The van der Waals surface area contributed by atoms with Crippen molar-refractivity contribution in [3.05, 3.63) is 34.1 Å². The first-order valence-corrected chi connectivity index (χ1v) is 4.67. The Labute approximate surface area is 88.0 Å². The number of ether oxygens (including phenoxy) is 1. The summed E-state index contributed by atoms with van der Waals surface area (Å²) in [5.41, 5.74) is 1.30. The van der Waals surface area contributed by atoms with Crippen LogP contribution in [0.2, 0.25) is 5.02 Å². The highest BCUT2D eigenvalue weighted by Crippen LogP contribution is 2.20. The Morgan fingerprint density at radius 2 is 2.21 bits per heavy atom. The molecule has 0 aliphatic carbocycles. The standard InChI is InChI=1S/C10H13ClFNO/c1-7-3-9(11)8(4-10(7)12)5-13-6-14-2/h3-4,13H,5-6H2,1-2H3. The van der Waals surface area contributed by atoms with Gasteiger partial charge >= 0.3 is 0 Å². The van der Waals surface area contributed by atoms with E-state index in [4.69, 9.17) is 16.3 Å². The molecule has 0 heterocycles. The SMILES string of the molecule is COCNCc1cc(F)c(C)cc1Cl. The van der Waals surface area contributed by atoms with Gasteiger partial charge in [-0.3, -0.25) is 5.32 Å². The van der Waals surface area contributed by atoms with Gasteiger partial charge in [0.1, 0.15) is 5.82 Å².